The highest BCUT2D eigenvalue weighted by Crippen LogP contribution is 2.29. The average molecular weight is 320 g/mol. The smallest absolute Gasteiger partial charge is 0.271 e. The van der Waals surface area contributed by atoms with E-state index in [1.807, 2.05) is 0 Å². The summed E-state index contributed by atoms with van der Waals surface area (Å²) in [4.78, 5) is 25.3. The summed E-state index contributed by atoms with van der Waals surface area (Å²) in [5, 5.41) is 26.1. The monoisotopic (exact) mass is 319 g/mol. The van der Waals surface area contributed by atoms with Crippen molar-refractivity contribution in [1.29, 1.82) is 0 Å². The first kappa shape index (κ1) is 15.4. The highest BCUT2D eigenvalue weighted by molar-refractivity contribution is 6.31. The van der Waals surface area contributed by atoms with E-state index in [9.17, 15) is 20.0 Å². The lowest BCUT2D eigenvalue weighted by Crippen LogP contribution is -2.17. The minimum Gasteiger partial charge on any atom is -0.867 e. The Morgan fingerprint density at radius 2 is 2.05 bits per heavy atom. The van der Waals surface area contributed by atoms with Gasteiger partial charge in [0.05, 0.1) is 11.1 Å². The highest BCUT2D eigenvalue weighted by atomic mass is 35.5. The van der Waals surface area contributed by atoms with Crippen molar-refractivity contribution in [3.63, 3.8) is 0 Å². The molecule has 0 atom stereocenters. The van der Waals surface area contributed by atoms with Crippen LogP contribution < -0.4 is 10.5 Å². The van der Waals surface area contributed by atoms with Crippen LogP contribution in [0.5, 0.6) is 5.75 Å². The number of hydrogen-bond acceptors (Lipinski definition) is 6. The second kappa shape index (κ2) is 6.64. The van der Waals surface area contributed by atoms with Crippen molar-refractivity contribution in [2.75, 3.05) is 0 Å². The summed E-state index contributed by atoms with van der Waals surface area (Å²) < 4.78 is 0. The van der Waals surface area contributed by atoms with E-state index < -0.39 is 22.3 Å². The molecule has 2 rings (SSSR count). The van der Waals surface area contributed by atoms with E-state index in [-0.39, 0.29) is 10.6 Å². The van der Waals surface area contributed by atoms with Crippen LogP contribution in [0.3, 0.4) is 0 Å². The van der Waals surface area contributed by atoms with Gasteiger partial charge in [0.1, 0.15) is 0 Å². The van der Waals surface area contributed by atoms with Gasteiger partial charge >= 0.3 is 0 Å². The molecular weight excluding hydrogens is 312 g/mol. The molecule has 1 aromatic carbocycles. The predicted octanol–water partition coefficient (Wildman–Crippen LogP) is 1.48. The number of benzene rings is 1. The summed E-state index contributed by atoms with van der Waals surface area (Å²) in [6.45, 7) is 0. The van der Waals surface area contributed by atoms with Gasteiger partial charge in [0.2, 0.25) is 0 Å². The summed E-state index contributed by atoms with van der Waals surface area (Å²) in [7, 11) is 0. The molecule has 8 nitrogen and oxygen atoms in total. The fraction of sp³-hybridized carbons (Fsp3) is 0. The van der Waals surface area contributed by atoms with E-state index in [1.165, 1.54) is 30.6 Å². The van der Waals surface area contributed by atoms with Crippen molar-refractivity contribution in [2.45, 2.75) is 0 Å². The van der Waals surface area contributed by atoms with Gasteiger partial charge in [-0.2, -0.15) is 5.10 Å². The fourth-order valence-electron chi connectivity index (χ4n) is 1.56. The van der Waals surface area contributed by atoms with Crippen LogP contribution >= 0.6 is 11.6 Å². The third kappa shape index (κ3) is 3.55. The molecule has 1 aromatic heterocycles. The molecule has 0 bridgehead atoms. The number of rotatable bonds is 4. The van der Waals surface area contributed by atoms with Gasteiger partial charge in [-0.05, 0) is 29.5 Å². The fourth-order valence-corrected chi connectivity index (χ4v) is 1.78. The molecule has 1 heterocycles. The molecule has 0 saturated carbocycles. The Bertz CT molecular complexity index is 749. The summed E-state index contributed by atoms with van der Waals surface area (Å²) >= 11 is 5.70. The lowest BCUT2D eigenvalue weighted by Gasteiger charge is -2.10. The first-order valence-electron chi connectivity index (χ1n) is 5.87. The number of nitro benzene ring substituents is 1. The largest absolute Gasteiger partial charge is 0.867 e. The van der Waals surface area contributed by atoms with Crippen LogP contribution in [-0.2, 0) is 0 Å². The number of aromatic nitrogens is 1. The maximum Gasteiger partial charge on any atom is 0.271 e. The molecular formula is C13H8ClN4O4-. The average Bonchev–Trinajstić information content (AvgIpc) is 2.50. The topological polar surface area (TPSA) is 121 Å². The number of hydrazone groups is 1. The Morgan fingerprint density at radius 1 is 1.36 bits per heavy atom. The minimum absolute atomic E-state index is 0.0215. The lowest BCUT2D eigenvalue weighted by molar-refractivity contribution is -0.398. The number of nitro groups is 1. The van der Waals surface area contributed by atoms with Crippen molar-refractivity contribution >= 4 is 29.4 Å². The maximum atomic E-state index is 11.8. The number of nitrogens with one attached hydrogen (secondary N) is 1. The molecule has 9 heteroatoms. The molecule has 0 saturated heterocycles. The number of amides is 1. The molecule has 0 aliphatic heterocycles. The molecule has 1 N–H and O–H groups in total. The highest BCUT2D eigenvalue weighted by Gasteiger charge is 2.11. The van der Waals surface area contributed by atoms with Gasteiger partial charge in [-0.15, -0.1) is 0 Å². The third-order valence-corrected chi connectivity index (χ3v) is 2.79. The number of pyridine rings is 1. The van der Waals surface area contributed by atoms with E-state index >= 15 is 0 Å². The third-order valence-electron chi connectivity index (χ3n) is 2.57. The molecule has 0 fully saturated rings. The van der Waals surface area contributed by atoms with Gasteiger partial charge in [-0.1, -0.05) is 11.6 Å². The number of carbonyl (C=O) groups excluding carboxylic acids is 1. The standard InChI is InChI=1S/C13H9ClN4O4/c14-10-5-9(12(19)11(6-10)18(21)22)7-16-17-13(20)8-1-3-15-4-2-8/h1-7,19H,(H,17,20)/p-1/b16-7-. The molecule has 0 radical (unpaired) electrons. The first-order valence-corrected chi connectivity index (χ1v) is 6.25. The Kier molecular flexibility index (Phi) is 4.64. The van der Waals surface area contributed by atoms with Gasteiger partial charge in [0, 0.05) is 29.0 Å². The molecule has 2 aromatic rings. The number of nitrogens with zero attached hydrogens (tertiary/aromatic N) is 3. The van der Waals surface area contributed by atoms with E-state index in [0.29, 0.717) is 5.56 Å². The van der Waals surface area contributed by atoms with Crippen LogP contribution in [-0.4, -0.2) is 22.0 Å². The normalized spacial score (nSPS) is 10.6. The molecule has 0 aliphatic carbocycles. The van der Waals surface area contributed by atoms with E-state index in [2.05, 4.69) is 15.5 Å². The molecule has 22 heavy (non-hydrogen) atoms. The van der Waals surface area contributed by atoms with Crippen molar-refractivity contribution in [2.24, 2.45) is 5.10 Å². The van der Waals surface area contributed by atoms with Gasteiger partial charge in [-0.3, -0.25) is 19.9 Å². The predicted molar refractivity (Wildman–Crippen MR) is 76.8 cm³/mol. The summed E-state index contributed by atoms with van der Waals surface area (Å²) in [5.74, 6) is -1.35. The first-order chi connectivity index (χ1) is 10.5. The van der Waals surface area contributed by atoms with Crippen molar-refractivity contribution in [1.82, 2.24) is 10.4 Å². The number of halogens is 1. The molecule has 112 valence electrons. The van der Waals surface area contributed by atoms with Crippen LogP contribution in [0.15, 0.2) is 41.8 Å². The van der Waals surface area contributed by atoms with Crippen LogP contribution in [0, 0.1) is 10.1 Å². The van der Waals surface area contributed by atoms with Crippen molar-refractivity contribution < 1.29 is 14.8 Å². The quantitative estimate of drug-likeness (QED) is 0.519. The van der Waals surface area contributed by atoms with E-state index in [4.69, 9.17) is 11.6 Å². The SMILES string of the molecule is O=C(N/N=C\c1cc(Cl)cc([N+](=O)[O-])c1[O-])c1ccncc1. The zero-order valence-corrected chi connectivity index (χ0v) is 11.6. The Hall–Kier alpha value is -3.00. The zero-order chi connectivity index (χ0) is 16.1. The van der Waals surface area contributed by atoms with Crippen LogP contribution in [0.25, 0.3) is 0 Å². The van der Waals surface area contributed by atoms with Gasteiger partial charge < -0.3 is 5.11 Å². The molecule has 0 spiro atoms. The molecule has 0 aliphatic rings. The minimum atomic E-state index is -0.837. The second-order valence-electron chi connectivity index (χ2n) is 4.04. The molecule has 1 amide bonds. The maximum absolute atomic E-state index is 11.8. The van der Waals surface area contributed by atoms with Gasteiger partial charge in [0.25, 0.3) is 11.6 Å². The van der Waals surface area contributed by atoms with Crippen LogP contribution in [0.1, 0.15) is 15.9 Å². The van der Waals surface area contributed by atoms with Crippen molar-refractivity contribution in [3.05, 3.63) is 62.9 Å². The summed E-state index contributed by atoms with van der Waals surface area (Å²) in [6.07, 6.45) is 3.88. The Balaban J connectivity index is 2.17. The molecule has 0 unspecified atom stereocenters. The Morgan fingerprint density at radius 3 is 2.68 bits per heavy atom. The zero-order valence-electron chi connectivity index (χ0n) is 10.9. The van der Waals surface area contributed by atoms with E-state index in [0.717, 1.165) is 12.3 Å². The van der Waals surface area contributed by atoms with Gasteiger partial charge in [0.15, 0.2) is 0 Å². The van der Waals surface area contributed by atoms with E-state index in [1.54, 1.807) is 0 Å². The van der Waals surface area contributed by atoms with Crippen LogP contribution in [0.2, 0.25) is 5.02 Å². The van der Waals surface area contributed by atoms with Gasteiger partial charge in [-0.25, -0.2) is 5.43 Å². The second-order valence-corrected chi connectivity index (χ2v) is 4.47. The Labute approximate surface area is 129 Å². The van der Waals surface area contributed by atoms with Crippen molar-refractivity contribution in [3.8, 4) is 5.75 Å². The summed E-state index contributed by atoms with van der Waals surface area (Å²) in [5.41, 5.74) is 1.76. The number of carbonyl (C=O) groups is 1. The lowest BCUT2D eigenvalue weighted by atomic mass is 10.2. The van der Waals surface area contributed by atoms with Crippen LogP contribution in [0.4, 0.5) is 5.69 Å². The summed E-state index contributed by atoms with van der Waals surface area (Å²) in [6, 6.07) is 5.14. The number of hydrogen-bond donors (Lipinski definition) is 1.